The maximum atomic E-state index is 12.0. The standard InChI is InChI=1S/C18H25N3O4/c1-18(2,3)25-17(22)20-14-12-16(24-10-9-23-4)15(11-13(14)19)21-7-5-6-8-21/h5-8,11-12H,9-10,19H2,1-4H3,(H,20,22). The Kier molecular flexibility index (Phi) is 5.93. The molecule has 25 heavy (non-hydrogen) atoms. The van der Waals surface area contributed by atoms with Crippen LogP contribution in [0, 0.1) is 0 Å². The van der Waals surface area contributed by atoms with Crippen LogP contribution in [0.5, 0.6) is 5.75 Å². The van der Waals surface area contributed by atoms with Gasteiger partial charge in [0, 0.05) is 25.6 Å². The van der Waals surface area contributed by atoms with Crippen molar-refractivity contribution in [2.24, 2.45) is 0 Å². The molecule has 7 heteroatoms. The second-order valence-electron chi connectivity index (χ2n) is 6.47. The van der Waals surface area contributed by atoms with Crippen molar-refractivity contribution >= 4 is 17.5 Å². The molecule has 0 saturated carbocycles. The van der Waals surface area contributed by atoms with E-state index in [1.54, 1.807) is 40.0 Å². The Morgan fingerprint density at radius 2 is 1.88 bits per heavy atom. The zero-order chi connectivity index (χ0) is 18.4. The molecular weight excluding hydrogens is 322 g/mol. The zero-order valence-electron chi connectivity index (χ0n) is 15.0. The van der Waals surface area contributed by atoms with E-state index in [2.05, 4.69) is 5.32 Å². The topological polar surface area (TPSA) is 87.7 Å². The van der Waals surface area contributed by atoms with Crippen molar-refractivity contribution in [3.05, 3.63) is 36.7 Å². The minimum atomic E-state index is -0.596. The number of ether oxygens (including phenoxy) is 3. The fraction of sp³-hybridized carbons (Fsp3) is 0.389. The quantitative estimate of drug-likeness (QED) is 0.617. The molecule has 1 aromatic carbocycles. The lowest BCUT2D eigenvalue weighted by atomic mass is 10.2. The second-order valence-corrected chi connectivity index (χ2v) is 6.47. The first-order chi connectivity index (χ1) is 11.8. The average molecular weight is 347 g/mol. The Morgan fingerprint density at radius 3 is 2.48 bits per heavy atom. The fourth-order valence-corrected chi connectivity index (χ4v) is 2.15. The van der Waals surface area contributed by atoms with Gasteiger partial charge in [0.2, 0.25) is 0 Å². The molecule has 3 N–H and O–H groups in total. The second kappa shape index (κ2) is 7.94. The Morgan fingerprint density at radius 1 is 1.20 bits per heavy atom. The summed E-state index contributed by atoms with van der Waals surface area (Å²) in [5.41, 5.74) is 7.11. The van der Waals surface area contributed by atoms with Gasteiger partial charge in [-0.15, -0.1) is 0 Å². The smallest absolute Gasteiger partial charge is 0.412 e. The van der Waals surface area contributed by atoms with Crippen LogP contribution in [0.3, 0.4) is 0 Å². The summed E-state index contributed by atoms with van der Waals surface area (Å²) in [5, 5.41) is 2.66. The number of nitrogens with zero attached hydrogens (tertiary/aromatic N) is 1. The summed E-state index contributed by atoms with van der Waals surface area (Å²) >= 11 is 0. The number of nitrogen functional groups attached to an aromatic ring is 1. The minimum Gasteiger partial charge on any atom is -0.489 e. The van der Waals surface area contributed by atoms with Crippen molar-refractivity contribution in [3.8, 4) is 11.4 Å². The summed E-state index contributed by atoms with van der Waals surface area (Å²) in [4.78, 5) is 12.0. The highest BCUT2D eigenvalue weighted by Gasteiger charge is 2.18. The first-order valence-electron chi connectivity index (χ1n) is 7.99. The number of amides is 1. The zero-order valence-corrected chi connectivity index (χ0v) is 15.0. The number of rotatable bonds is 6. The first kappa shape index (κ1) is 18.7. The van der Waals surface area contributed by atoms with Gasteiger partial charge in [0.1, 0.15) is 18.0 Å². The normalized spacial score (nSPS) is 11.2. The van der Waals surface area contributed by atoms with Crippen molar-refractivity contribution in [3.63, 3.8) is 0 Å². The van der Waals surface area contributed by atoms with Gasteiger partial charge in [0.15, 0.2) is 0 Å². The van der Waals surface area contributed by atoms with E-state index in [0.717, 1.165) is 5.69 Å². The molecule has 0 aliphatic carbocycles. The van der Waals surface area contributed by atoms with Crippen molar-refractivity contribution in [1.82, 2.24) is 4.57 Å². The lowest BCUT2D eigenvalue weighted by molar-refractivity contribution is 0.0636. The van der Waals surface area contributed by atoms with Crippen LogP contribution in [0.25, 0.3) is 5.69 Å². The van der Waals surface area contributed by atoms with E-state index in [4.69, 9.17) is 19.9 Å². The summed E-state index contributed by atoms with van der Waals surface area (Å²) in [5.74, 6) is 0.577. The predicted molar refractivity (Wildman–Crippen MR) is 97.4 cm³/mol. The highest BCUT2D eigenvalue weighted by molar-refractivity contribution is 5.90. The third kappa shape index (κ3) is 5.42. The molecule has 1 amide bonds. The predicted octanol–water partition coefficient (Wildman–Crippen LogP) is 3.43. The first-order valence-corrected chi connectivity index (χ1v) is 7.99. The monoisotopic (exact) mass is 347 g/mol. The number of aromatic nitrogens is 1. The van der Waals surface area contributed by atoms with Gasteiger partial charge in [-0.05, 0) is 39.0 Å². The van der Waals surface area contributed by atoms with E-state index in [-0.39, 0.29) is 0 Å². The number of hydrogen-bond acceptors (Lipinski definition) is 5. The molecule has 0 saturated heterocycles. The van der Waals surface area contributed by atoms with Gasteiger partial charge in [-0.3, -0.25) is 5.32 Å². The minimum absolute atomic E-state index is 0.376. The van der Waals surface area contributed by atoms with Crippen LogP contribution in [-0.2, 0) is 9.47 Å². The van der Waals surface area contributed by atoms with E-state index >= 15 is 0 Å². The molecule has 136 valence electrons. The summed E-state index contributed by atoms with van der Waals surface area (Å²) in [6, 6.07) is 7.24. The Bertz CT molecular complexity index is 706. The van der Waals surface area contributed by atoms with E-state index < -0.39 is 11.7 Å². The van der Waals surface area contributed by atoms with Gasteiger partial charge in [0.25, 0.3) is 0 Å². The number of methoxy groups -OCH3 is 1. The molecule has 0 radical (unpaired) electrons. The van der Waals surface area contributed by atoms with Crippen LogP contribution in [0.15, 0.2) is 36.7 Å². The van der Waals surface area contributed by atoms with Crippen LogP contribution in [0.4, 0.5) is 16.2 Å². The van der Waals surface area contributed by atoms with E-state index in [1.807, 2.05) is 29.1 Å². The van der Waals surface area contributed by atoms with E-state index in [9.17, 15) is 4.79 Å². The molecule has 7 nitrogen and oxygen atoms in total. The lowest BCUT2D eigenvalue weighted by Gasteiger charge is -2.21. The van der Waals surface area contributed by atoms with E-state index in [0.29, 0.717) is 30.3 Å². The highest BCUT2D eigenvalue weighted by Crippen LogP contribution is 2.32. The maximum Gasteiger partial charge on any atom is 0.412 e. The number of anilines is 2. The Hall–Kier alpha value is -2.67. The molecular formula is C18H25N3O4. The summed E-state index contributed by atoms with van der Waals surface area (Å²) in [7, 11) is 1.61. The molecule has 0 fully saturated rings. The Labute approximate surface area is 147 Å². The number of benzene rings is 1. The van der Waals surface area contributed by atoms with Crippen LogP contribution in [0.2, 0.25) is 0 Å². The molecule has 2 aromatic rings. The van der Waals surface area contributed by atoms with Gasteiger partial charge in [0.05, 0.1) is 23.7 Å². The highest BCUT2D eigenvalue weighted by atomic mass is 16.6. The number of hydrogen-bond donors (Lipinski definition) is 2. The Balaban J connectivity index is 2.29. The average Bonchev–Trinajstić information content (AvgIpc) is 3.02. The molecule has 0 unspecified atom stereocenters. The maximum absolute atomic E-state index is 12.0. The molecule has 0 aliphatic rings. The third-order valence-electron chi connectivity index (χ3n) is 3.19. The number of nitrogens with one attached hydrogen (secondary N) is 1. The molecule has 2 rings (SSSR count). The number of carbonyl (C=O) groups is 1. The molecule has 0 aliphatic heterocycles. The van der Waals surface area contributed by atoms with E-state index in [1.165, 1.54) is 0 Å². The summed E-state index contributed by atoms with van der Waals surface area (Å²) in [6.07, 6.45) is 3.20. The van der Waals surface area contributed by atoms with Crippen LogP contribution >= 0.6 is 0 Å². The molecule has 0 spiro atoms. The lowest BCUT2D eigenvalue weighted by Crippen LogP contribution is -2.27. The van der Waals surface area contributed by atoms with Gasteiger partial charge in [-0.2, -0.15) is 0 Å². The van der Waals surface area contributed by atoms with Gasteiger partial charge in [-0.1, -0.05) is 0 Å². The molecule has 1 heterocycles. The number of nitrogens with two attached hydrogens (primary N) is 1. The van der Waals surface area contributed by atoms with Gasteiger partial charge < -0.3 is 24.5 Å². The van der Waals surface area contributed by atoms with Crippen molar-refractivity contribution < 1.29 is 19.0 Å². The largest absolute Gasteiger partial charge is 0.489 e. The van der Waals surface area contributed by atoms with Crippen molar-refractivity contribution in [2.75, 3.05) is 31.4 Å². The SMILES string of the molecule is COCCOc1cc(NC(=O)OC(C)(C)C)c(N)cc1-n1cccc1. The van der Waals surface area contributed by atoms with Crippen molar-refractivity contribution in [2.45, 2.75) is 26.4 Å². The molecule has 1 aromatic heterocycles. The molecule has 0 bridgehead atoms. The third-order valence-corrected chi connectivity index (χ3v) is 3.19. The van der Waals surface area contributed by atoms with Crippen LogP contribution < -0.4 is 15.8 Å². The van der Waals surface area contributed by atoms with Crippen LogP contribution in [0.1, 0.15) is 20.8 Å². The van der Waals surface area contributed by atoms with Gasteiger partial charge in [-0.25, -0.2) is 4.79 Å². The summed E-state index contributed by atoms with van der Waals surface area (Å²) in [6.45, 7) is 6.21. The summed E-state index contributed by atoms with van der Waals surface area (Å²) < 4.78 is 18.0. The number of carbonyl (C=O) groups excluding carboxylic acids is 1. The molecule has 0 atom stereocenters. The van der Waals surface area contributed by atoms with Crippen molar-refractivity contribution in [1.29, 1.82) is 0 Å². The fourth-order valence-electron chi connectivity index (χ4n) is 2.15. The van der Waals surface area contributed by atoms with Crippen LogP contribution in [-0.4, -0.2) is 36.6 Å². The van der Waals surface area contributed by atoms with Gasteiger partial charge >= 0.3 is 6.09 Å².